The molecule has 35 heavy (non-hydrogen) atoms. The molecule has 0 radical (unpaired) electrons. The molecule has 2 atom stereocenters. The Labute approximate surface area is 200 Å². The van der Waals surface area contributed by atoms with Gasteiger partial charge in [0.2, 0.25) is 13.6 Å². The van der Waals surface area contributed by atoms with Crippen molar-refractivity contribution in [3.63, 3.8) is 0 Å². The van der Waals surface area contributed by atoms with Gasteiger partial charge in [0.25, 0.3) is 0 Å². The van der Waals surface area contributed by atoms with Crippen LogP contribution in [0.2, 0.25) is 0 Å². The van der Waals surface area contributed by atoms with Crippen LogP contribution < -0.4 is 18.9 Å². The molecular weight excluding hydrogens is 448 g/mol. The molecule has 2 heterocycles. The van der Waals surface area contributed by atoms with Gasteiger partial charge in [-0.25, -0.2) is 0 Å². The molecule has 2 aliphatic heterocycles. The molecule has 3 aromatic rings. The van der Waals surface area contributed by atoms with E-state index in [0.717, 1.165) is 0 Å². The van der Waals surface area contributed by atoms with Crippen molar-refractivity contribution in [2.45, 2.75) is 24.7 Å². The number of carbonyl (C=O) groups excluding carboxylic acids is 3. The number of benzene rings is 3. The van der Waals surface area contributed by atoms with E-state index < -0.39 is 17.3 Å². The van der Waals surface area contributed by atoms with E-state index in [2.05, 4.69) is 0 Å². The van der Waals surface area contributed by atoms with E-state index in [1.165, 1.54) is 0 Å². The van der Waals surface area contributed by atoms with Crippen molar-refractivity contribution in [1.82, 2.24) is 0 Å². The third-order valence-corrected chi connectivity index (χ3v) is 7.73. The van der Waals surface area contributed by atoms with Crippen LogP contribution in [-0.2, 0) is 4.79 Å². The highest BCUT2D eigenvalue weighted by Gasteiger charge is 2.64. The third kappa shape index (κ3) is 2.69. The summed E-state index contributed by atoms with van der Waals surface area (Å²) in [6.07, 6.45) is 0.179. The molecule has 2 aliphatic carbocycles. The first-order valence-electron chi connectivity index (χ1n) is 11.6. The molecule has 1 spiro atoms. The van der Waals surface area contributed by atoms with Crippen molar-refractivity contribution in [2.75, 3.05) is 13.6 Å². The number of rotatable bonds is 2. The first-order valence-corrected chi connectivity index (χ1v) is 11.6. The summed E-state index contributed by atoms with van der Waals surface area (Å²) in [7, 11) is 0. The van der Waals surface area contributed by atoms with Crippen LogP contribution in [0.15, 0.2) is 60.7 Å². The van der Waals surface area contributed by atoms with Crippen LogP contribution in [0.4, 0.5) is 0 Å². The molecule has 0 bridgehead atoms. The van der Waals surface area contributed by atoms with Gasteiger partial charge in [0.15, 0.2) is 34.6 Å². The average Bonchev–Trinajstić information content (AvgIpc) is 3.59. The van der Waals surface area contributed by atoms with Crippen LogP contribution in [0.1, 0.15) is 56.5 Å². The van der Waals surface area contributed by atoms with Gasteiger partial charge in [-0.1, -0.05) is 36.4 Å². The monoisotopic (exact) mass is 468 g/mol. The SMILES string of the molecule is O=C1C[C@H](c2ccc3c(c2)OCO3)C2(C(=O)c3ccccc3C2=O)[C@H](c2ccc3c(c2)OCO3)C1. The molecule has 0 N–H and O–H groups in total. The Morgan fingerprint density at radius 2 is 1.06 bits per heavy atom. The minimum Gasteiger partial charge on any atom is -0.454 e. The second-order valence-corrected chi connectivity index (χ2v) is 9.35. The van der Waals surface area contributed by atoms with Crippen molar-refractivity contribution in [2.24, 2.45) is 5.41 Å². The summed E-state index contributed by atoms with van der Waals surface area (Å²) in [4.78, 5) is 41.8. The van der Waals surface area contributed by atoms with Gasteiger partial charge < -0.3 is 18.9 Å². The van der Waals surface area contributed by atoms with Gasteiger partial charge in [0.05, 0.1) is 0 Å². The molecule has 1 saturated carbocycles. The predicted molar refractivity (Wildman–Crippen MR) is 122 cm³/mol. The number of hydrogen-bond donors (Lipinski definition) is 0. The molecule has 4 aliphatic rings. The van der Waals surface area contributed by atoms with Gasteiger partial charge in [0.1, 0.15) is 11.2 Å². The maximum atomic E-state index is 14.3. The fourth-order valence-electron chi connectivity index (χ4n) is 6.19. The van der Waals surface area contributed by atoms with E-state index in [-0.39, 0.29) is 43.8 Å². The van der Waals surface area contributed by atoms with Crippen molar-refractivity contribution < 1.29 is 33.3 Å². The first-order chi connectivity index (χ1) is 17.1. The summed E-state index contributed by atoms with van der Waals surface area (Å²) in [6.45, 7) is 0.216. The Balaban J connectivity index is 1.46. The second-order valence-electron chi connectivity index (χ2n) is 9.35. The van der Waals surface area contributed by atoms with Gasteiger partial charge in [-0.15, -0.1) is 0 Å². The molecule has 0 aromatic heterocycles. The van der Waals surface area contributed by atoms with Gasteiger partial charge >= 0.3 is 0 Å². The van der Waals surface area contributed by atoms with E-state index in [4.69, 9.17) is 18.9 Å². The summed E-state index contributed by atoms with van der Waals surface area (Å²) in [6, 6.07) is 17.7. The third-order valence-electron chi connectivity index (χ3n) is 7.73. The Morgan fingerprint density at radius 1 is 0.600 bits per heavy atom. The minimum absolute atomic E-state index is 0.00230. The highest BCUT2D eigenvalue weighted by Crippen LogP contribution is 2.61. The maximum absolute atomic E-state index is 14.3. The largest absolute Gasteiger partial charge is 0.454 e. The summed E-state index contributed by atoms with van der Waals surface area (Å²) in [5, 5.41) is 0. The summed E-state index contributed by atoms with van der Waals surface area (Å²) < 4.78 is 22.1. The maximum Gasteiger partial charge on any atom is 0.231 e. The molecule has 7 rings (SSSR count). The number of Topliss-reactive ketones (excluding diaryl/α,β-unsaturated/α-hetero) is 3. The Morgan fingerprint density at radius 3 is 1.54 bits per heavy atom. The van der Waals surface area contributed by atoms with E-state index in [9.17, 15) is 14.4 Å². The number of ether oxygens (including phenoxy) is 4. The van der Waals surface area contributed by atoms with Crippen molar-refractivity contribution in [3.8, 4) is 23.0 Å². The second kappa shape index (κ2) is 7.18. The highest BCUT2D eigenvalue weighted by atomic mass is 16.7. The fourth-order valence-corrected chi connectivity index (χ4v) is 6.19. The predicted octanol–water partition coefficient (Wildman–Crippen LogP) is 4.44. The van der Waals surface area contributed by atoms with E-state index in [0.29, 0.717) is 45.3 Å². The lowest BCUT2D eigenvalue weighted by Crippen LogP contribution is -2.49. The molecule has 0 unspecified atom stereocenters. The average molecular weight is 468 g/mol. The van der Waals surface area contributed by atoms with E-state index in [1.54, 1.807) is 48.5 Å². The minimum atomic E-state index is -1.46. The molecule has 1 fully saturated rings. The lowest BCUT2D eigenvalue weighted by Gasteiger charge is -2.44. The summed E-state index contributed by atoms with van der Waals surface area (Å²) in [5.74, 6) is 0.511. The Bertz CT molecular complexity index is 1330. The van der Waals surface area contributed by atoms with Gasteiger partial charge in [-0.3, -0.25) is 14.4 Å². The van der Waals surface area contributed by atoms with E-state index in [1.807, 2.05) is 12.1 Å². The molecular formula is C28H20O7. The standard InChI is InChI=1S/C28H20O7/c29-17-11-20(15-5-7-22-24(9-15)34-13-32-22)28(26(30)18-3-1-2-4-19(18)27(28)31)21(12-17)16-6-8-23-25(10-16)35-14-33-23/h1-10,20-21H,11-14H2/t20-,21+. The highest BCUT2D eigenvalue weighted by molar-refractivity contribution is 6.31. The Kier molecular flexibility index (Phi) is 4.16. The zero-order valence-corrected chi connectivity index (χ0v) is 18.6. The van der Waals surface area contributed by atoms with Crippen molar-refractivity contribution >= 4 is 17.3 Å². The molecule has 7 nitrogen and oxygen atoms in total. The van der Waals surface area contributed by atoms with Gasteiger partial charge in [0, 0.05) is 35.8 Å². The zero-order chi connectivity index (χ0) is 23.7. The number of hydrogen-bond acceptors (Lipinski definition) is 7. The first kappa shape index (κ1) is 20.3. The van der Waals surface area contributed by atoms with Crippen LogP contribution >= 0.6 is 0 Å². The van der Waals surface area contributed by atoms with Crippen molar-refractivity contribution in [3.05, 3.63) is 82.9 Å². The van der Waals surface area contributed by atoms with Crippen LogP contribution in [0.3, 0.4) is 0 Å². The van der Waals surface area contributed by atoms with E-state index >= 15 is 0 Å². The number of carbonyl (C=O) groups is 3. The zero-order valence-electron chi connectivity index (χ0n) is 18.6. The molecule has 174 valence electrons. The summed E-state index contributed by atoms with van der Waals surface area (Å²) in [5.41, 5.74) is 0.774. The van der Waals surface area contributed by atoms with Crippen molar-refractivity contribution in [1.29, 1.82) is 0 Å². The van der Waals surface area contributed by atoms with Crippen LogP contribution in [0.25, 0.3) is 0 Å². The number of ketones is 3. The quantitative estimate of drug-likeness (QED) is 0.514. The molecule has 3 aromatic carbocycles. The van der Waals surface area contributed by atoms with Crippen LogP contribution in [0, 0.1) is 5.41 Å². The smallest absolute Gasteiger partial charge is 0.231 e. The van der Waals surface area contributed by atoms with Crippen LogP contribution in [-0.4, -0.2) is 30.9 Å². The molecule has 7 heteroatoms. The Hall–Kier alpha value is -4.13. The topological polar surface area (TPSA) is 88.1 Å². The molecule has 0 amide bonds. The normalized spacial score (nSPS) is 23.1. The summed E-state index contributed by atoms with van der Waals surface area (Å²) >= 11 is 0. The molecule has 0 saturated heterocycles. The van der Waals surface area contributed by atoms with Gasteiger partial charge in [-0.2, -0.15) is 0 Å². The lowest BCUT2D eigenvalue weighted by molar-refractivity contribution is -0.122. The lowest BCUT2D eigenvalue weighted by atomic mass is 9.54. The van der Waals surface area contributed by atoms with Gasteiger partial charge in [-0.05, 0) is 35.4 Å². The fraction of sp³-hybridized carbons (Fsp3) is 0.250. The van der Waals surface area contributed by atoms with Crippen LogP contribution in [0.5, 0.6) is 23.0 Å². The number of fused-ring (bicyclic) bond motifs is 3.